The molecule has 0 saturated carbocycles. The number of carbonyl (C=O) groups excluding carboxylic acids is 4. The average molecular weight is 1070 g/mol. The van der Waals surface area contributed by atoms with E-state index in [1.807, 2.05) is 0 Å². The van der Waals surface area contributed by atoms with Gasteiger partial charge in [-0.3, -0.25) is 23.7 Å². The Labute approximate surface area is 409 Å². The van der Waals surface area contributed by atoms with Crippen LogP contribution in [0.15, 0.2) is 0 Å². The lowest BCUT2D eigenvalue weighted by Crippen LogP contribution is -2.72. The van der Waals surface area contributed by atoms with Crippen molar-refractivity contribution in [2.24, 2.45) is 5.73 Å². The summed E-state index contributed by atoms with van der Waals surface area (Å²) < 4.78 is 89.0. The van der Waals surface area contributed by atoms with Crippen molar-refractivity contribution in [3.05, 3.63) is 0 Å². The van der Waals surface area contributed by atoms with E-state index in [1.54, 1.807) is 0 Å². The molecule has 5 aliphatic rings. The van der Waals surface area contributed by atoms with Crippen LogP contribution in [0, 0.1) is 0 Å². The van der Waals surface area contributed by atoms with Crippen molar-refractivity contribution < 1.29 is 135 Å². The van der Waals surface area contributed by atoms with E-state index in [9.17, 15) is 88.3 Å². The van der Waals surface area contributed by atoms with Gasteiger partial charge >= 0.3 is 10.4 Å². The Morgan fingerprint density at radius 2 is 0.764 bits per heavy atom. The maximum absolute atomic E-state index is 12.7. The van der Waals surface area contributed by atoms with Gasteiger partial charge in [-0.25, -0.2) is 4.18 Å². The fourth-order valence-electron chi connectivity index (χ4n) is 8.84. The minimum Gasteiger partial charge on any atom is -0.394 e. The Kier molecular flexibility index (Phi) is 21.3. The molecule has 5 heterocycles. The zero-order valence-corrected chi connectivity index (χ0v) is 39.7. The summed E-state index contributed by atoms with van der Waals surface area (Å²) in [6, 6.07) is -8.34. The Bertz CT molecular complexity index is 1930. The van der Waals surface area contributed by atoms with Crippen LogP contribution in [0.3, 0.4) is 0 Å². The first-order valence-corrected chi connectivity index (χ1v) is 23.7. The Morgan fingerprint density at radius 3 is 1.10 bits per heavy atom. The van der Waals surface area contributed by atoms with E-state index in [2.05, 4.69) is 25.5 Å². The smallest absolute Gasteiger partial charge is 0.394 e. The van der Waals surface area contributed by atoms with Crippen LogP contribution in [-0.2, 0) is 76.4 Å². The van der Waals surface area contributed by atoms with Crippen molar-refractivity contribution in [3.8, 4) is 0 Å². The first-order valence-electron chi connectivity index (χ1n) is 22.3. The van der Waals surface area contributed by atoms with Crippen LogP contribution in [0.2, 0.25) is 0 Å². The molecule has 0 bridgehead atoms. The van der Waals surface area contributed by atoms with Crippen LogP contribution in [0.25, 0.3) is 0 Å². The van der Waals surface area contributed by atoms with Crippen LogP contribution in [-0.4, -0.2) is 279 Å². The molecule has 0 aliphatic carbocycles. The van der Waals surface area contributed by atoms with Gasteiger partial charge in [0.25, 0.3) is 0 Å². The highest BCUT2D eigenvalue weighted by Crippen LogP contribution is 2.36. The molecule has 4 amide bonds. The van der Waals surface area contributed by atoms with E-state index in [0.29, 0.717) is 0 Å². The largest absolute Gasteiger partial charge is 0.397 e. The van der Waals surface area contributed by atoms with Gasteiger partial charge in [0.2, 0.25) is 23.6 Å². The number of aliphatic hydroxyl groups is 11. The van der Waals surface area contributed by atoms with Crippen molar-refractivity contribution in [2.45, 2.75) is 181 Å². The minimum atomic E-state index is -5.17. The number of nitrogens with two attached hydrogens (primary N) is 1. The quantitative estimate of drug-likeness (QED) is 0.0534. The van der Waals surface area contributed by atoms with E-state index >= 15 is 0 Å². The fraction of sp³-hybridized carbons (Fsp3) is 0.895. The number of amides is 4. The number of rotatable bonds is 19. The molecule has 0 radical (unpaired) electrons. The molecule has 0 spiro atoms. The molecular weight excluding hydrogens is 1010 g/mol. The normalized spacial score (nSPS) is 43.8. The summed E-state index contributed by atoms with van der Waals surface area (Å²) in [6.07, 6.45) is -36.2. The number of hydrogen-bond acceptors (Lipinski definition) is 28. The molecular formula is C38H65N5O28S. The maximum Gasteiger partial charge on any atom is 0.397 e. The van der Waals surface area contributed by atoms with Crippen LogP contribution in [0.1, 0.15) is 27.7 Å². The third-order valence-electron chi connectivity index (χ3n) is 12.2. The van der Waals surface area contributed by atoms with Crippen molar-refractivity contribution in [3.63, 3.8) is 0 Å². The van der Waals surface area contributed by atoms with E-state index in [-0.39, 0.29) is 0 Å². The molecule has 25 atom stereocenters. The Balaban J connectivity index is 1.40. The van der Waals surface area contributed by atoms with Crippen LogP contribution in [0.4, 0.5) is 0 Å². The minimum absolute atomic E-state index is 0.784. The highest BCUT2D eigenvalue weighted by molar-refractivity contribution is 7.80. The fourth-order valence-corrected chi connectivity index (χ4v) is 9.15. The number of ether oxygens (including phenoxy) is 9. The second kappa shape index (κ2) is 25.6. The Hall–Kier alpha value is -3.09. The van der Waals surface area contributed by atoms with E-state index in [4.69, 9.17) is 48.4 Å². The Morgan fingerprint density at radius 1 is 0.458 bits per heavy atom. The molecule has 0 aromatic heterocycles. The van der Waals surface area contributed by atoms with Crippen LogP contribution >= 0.6 is 0 Å². The first kappa shape index (κ1) is 59.8. The van der Waals surface area contributed by atoms with Gasteiger partial charge in [0.15, 0.2) is 31.5 Å². The summed E-state index contributed by atoms with van der Waals surface area (Å²) in [4.78, 5) is 49.6. The van der Waals surface area contributed by atoms with Crippen molar-refractivity contribution in [1.29, 1.82) is 0 Å². The molecule has 5 fully saturated rings. The summed E-state index contributed by atoms with van der Waals surface area (Å²) in [5.41, 5.74) is 6.01. The summed E-state index contributed by atoms with van der Waals surface area (Å²) >= 11 is 0. The summed E-state index contributed by atoms with van der Waals surface area (Å²) in [7, 11) is -5.17. The number of aliphatic hydroxyl groups excluding tert-OH is 11. The second-order valence-electron chi connectivity index (χ2n) is 17.5. The van der Waals surface area contributed by atoms with E-state index in [0.717, 1.165) is 27.7 Å². The number of carbonyl (C=O) groups is 4. The zero-order valence-electron chi connectivity index (χ0n) is 38.9. The topological polar surface area (TPSA) is 512 Å². The van der Waals surface area contributed by atoms with Gasteiger partial charge in [0.05, 0.1) is 39.1 Å². The van der Waals surface area contributed by atoms with Gasteiger partial charge in [-0.2, -0.15) is 8.42 Å². The molecule has 0 unspecified atom stereocenters. The number of hydrogen-bond donors (Lipinski definition) is 17. The predicted molar refractivity (Wildman–Crippen MR) is 225 cm³/mol. The lowest BCUT2D eigenvalue weighted by molar-refractivity contribution is -0.367. The molecule has 72 heavy (non-hydrogen) atoms. The van der Waals surface area contributed by atoms with Gasteiger partial charge in [-0.05, 0) is 0 Å². The molecule has 33 nitrogen and oxygen atoms in total. The van der Waals surface area contributed by atoms with Crippen LogP contribution in [0.5, 0.6) is 0 Å². The van der Waals surface area contributed by atoms with Gasteiger partial charge in [0, 0.05) is 27.7 Å². The summed E-state index contributed by atoms with van der Waals surface area (Å²) in [6.45, 7) is -0.875. The third-order valence-corrected chi connectivity index (χ3v) is 12.6. The summed E-state index contributed by atoms with van der Waals surface area (Å²) in [5, 5.41) is 129. The second-order valence-corrected chi connectivity index (χ2v) is 18.6. The predicted octanol–water partition coefficient (Wildman–Crippen LogP) is -11.6. The van der Waals surface area contributed by atoms with Gasteiger partial charge in [-0.15, -0.1) is 0 Å². The molecule has 5 saturated heterocycles. The monoisotopic (exact) mass is 1070 g/mol. The highest BCUT2D eigenvalue weighted by Gasteiger charge is 2.57. The molecule has 0 aromatic rings. The van der Waals surface area contributed by atoms with Crippen molar-refractivity contribution >= 4 is 34.0 Å². The lowest BCUT2D eigenvalue weighted by Gasteiger charge is -2.51. The maximum atomic E-state index is 12.7. The zero-order chi connectivity index (χ0) is 53.7. The SMILES string of the molecule is CC(=O)N[C@@H]1[C@@H](O)[C@H](O[C@@H]2O[C@H](CO)[C@@H](O[C@@H]3O[C@H](CO)[C@@H](O[C@@H]4O[C@H](CO)[C@@H](O[C@@H]5O[C@H](CO)[C@@H](O)[C@H](O)[C@H]5N)[C@H](O)[C@H]4NC(C)=O)[C@H](O)[C@H]3NC(C)=O)[C@H](O)[C@H]2NC(C)=O)[C@@H](COS(=O)(=O)O)O[C@H]1O. The molecule has 5 aliphatic heterocycles. The van der Waals surface area contributed by atoms with Gasteiger partial charge in [0.1, 0.15) is 116 Å². The van der Waals surface area contributed by atoms with Crippen molar-refractivity contribution in [1.82, 2.24) is 21.3 Å². The number of nitrogens with one attached hydrogen (secondary N) is 4. The lowest BCUT2D eigenvalue weighted by atomic mass is 9.93. The van der Waals surface area contributed by atoms with Crippen LogP contribution < -0.4 is 27.0 Å². The molecule has 0 aromatic carbocycles. The molecule has 34 heteroatoms. The van der Waals surface area contributed by atoms with E-state index < -0.39 is 220 Å². The van der Waals surface area contributed by atoms with Gasteiger partial charge in [-0.1, -0.05) is 0 Å². The van der Waals surface area contributed by atoms with E-state index in [1.165, 1.54) is 0 Å². The first-order chi connectivity index (χ1) is 33.7. The standard InChI is InChI=1S/C38H65N5O28S/c1-10(48)40-20-26(54)33(18(63-34(20)58)9-62-72(59,60)61)71-38-23(43-13(4)51)29(57)32(17(8-47)67-38)70-37-22(42-12(3)50)28(56)31(16(7-46)66-37)69-36-21(41-11(2)49)27(55)30(15(6-45)65-36)68-35-19(39)25(53)24(52)14(5-44)64-35/h14-38,44-47,52-58H,5-9,39H2,1-4H3,(H,40,48)(H,41,49)(H,42,50)(H,43,51)(H,59,60,61)/t14-,15-,16-,17-,18-,19-,20-,21-,22-,23-,24-,25-,26-,27-,28-,29-,30-,31-,32-,33-,34-,35+,36+,37+,38+/m1/s1. The molecule has 5 rings (SSSR count). The van der Waals surface area contributed by atoms with Crippen molar-refractivity contribution in [2.75, 3.05) is 33.0 Å². The third kappa shape index (κ3) is 14.2. The molecule has 416 valence electrons. The van der Waals surface area contributed by atoms with Gasteiger partial charge < -0.3 is 126 Å². The highest BCUT2D eigenvalue weighted by atomic mass is 32.3. The summed E-state index contributed by atoms with van der Waals surface area (Å²) in [5.74, 6) is -3.27. The molecule has 18 N–H and O–H groups in total. The average Bonchev–Trinajstić information content (AvgIpc) is 3.30.